The largest absolute Gasteiger partial charge is 0.345 e. The number of nitrogens with zero attached hydrogens (tertiary/aromatic N) is 2. The SMILES string of the molecule is C[C@@H](CN(C)C(=O)CC1CCN(C(=O)CC2CCCCC2)CC1)c1ccccc1. The molecule has 1 aliphatic heterocycles. The highest BCUT2D eigenvalue weighted by Gasteiger charge is 2.27. The molecule has 1 atom stereocenters. The first-order chi connectivity index (χ1) is 14.0. The van der Waals surface area contributed by atoms with Crippen LogP contribution in [0.15, 0.2) is 30.3 Å². The minimum Gasteiger partial charge on any atom is -0.345 e. The Bertz CT molecular complexity index is 646. The van der Waals surface area contributed by atoms with Crippen molar-refractivity contribution < 1.29 is 9.59 Å². The third-order valence-corrected chi connectivity index (χ3v) is 6.96. The Balaban J connectivity index is 1.38. The molecular formula is C25H38N2O2. The van der Waals surface area contributed by atoms with Crippen molar-refractivity contribution in [1.82, 2.24) is 9.80 Å². The first-order valence-corrected chi connectivity index (χ1v) is 11.6. The predicted octanol–water partition coefficient (Wildman–Crippen LogP) is 4.85. The first kappa shape index (κ1) is 21.9. The summed E-state index contributed by atoms with van der Waals surface area (Å²) in [6.45, 7) is 4.58. The van der Waals surface area contributed by atoms with Crippen LogP contribution in [0, 0.1) is 11.8 Å². The van der Waals surface area contributed by atoms with Crippen molar-refractivity contribution in [2.75, 3.05) is 26.7 Å². The number of rotatable bonds is 7. The van der Waals surface area contributed by atoms with Crippen LogP contribution in [0.25, 0.3) is 0 Å². The second-order valence-electron chi connectivity index (χ2n) is 9.32. The van der Waals surface area contributed by atoms with Gasteiger partial charge >= 0.3 is 0 Å². The predicted molar refractivity (Wildman–Crippen MR) is 118 cm³/mol. The van der Waals surface area contributed by atoms with E-state index < -0.39 is 0 Å². The van der Waals surface area contributed by atoms with Crippen LogP contribution >= 0.6 is 0 Å². The van der Waals surface area contributed by atoms with E-state index in [0.717, 1.165) is 38.9 Å². The Morgan fingerprint density at radius 3 is 2.24 bits per heavy atom. The molecule has 1 heterocycles. The zero-order valence-electron chi connectivity index (χ0n) is 18.3. The molecule has 0 spiro atoms. The van der Waals surface area contributed by atoms with Gasteiger partial charge in [-0.1, -0.05) is 56.5 Å². The maximum atomic E-state index is 12.7. The fourth-order valence-electron chi connectivity index (χ4n) is 4.96. The van der Waals surface area contributed by atoms with Gasteiger partial charge in [0.05, 0.1) is 0 Å². The van der Waals surface area contributed by atoms with Crippen molar-refractivity contribution in [3.8, 4) is 0 Å². The Morgan fingerprint density at radius 2 is 1.59 bits per heavy atom. The number of carbonyl (C=O) groups excluding carboxylic acids is 2. The standard InChI is InChI=1S/C25H38N2O2/c1-20(23-11-7-4-8-12-23)19-26(2)24(28)17-22-13-15-27(16-14-22)25(29)18-21-9-5-3-6-10-21/h4,7-8,11-12,20-22H,3,5-6,9-10,13-19H2,1-2H3/t20-/m0/s1. The third-order valence-electron chi connectivity index (χ3n) is 6.96. The smallest absolute Gasteiger partial charge is 0.222 e. The molecule has 3 rings (SSSR count). The summed E-state index contributed by atoms with van der Waals surface area (Å²) in [4.78, 5) is 29.3. The Hall–Kier alpha value is -1.84. The van der Waals surface area contributed by atoms with Crippen LogP contribution in [0.3, 0.4) is 0 Å². The second kappa shape index (κ2) is 10.8. The highest BCUT2D eigenvalue weighted by molar-refractivity contribution is 5.77. The lowest BCUT2D eigenvalue weighted by Gasteiger charge is -2.34. The van der Waals surface area contributed by atoms with Crippen LogP contribution in [0.2, 0.25) is 0 Å². The molecule has 0 bridgehead atoms. The normalized spacial score (nSPS) is 19.7. The van der Waals surface area contributed by atoms with Gasteiger partial charge in [-0.2, -0.15) is 0 Å². The van der Waals surface area contributed by atoms with Gasteiger partial charge in [-0.25, -0.2) is 0 Å². The fourth-order valence-corrected chi connectivity index (χ4v) is 4.96. The molecule has 4 nitrogen and oxygen atoms in total. The van der Waals surface area contributed by atoms with Gasteiger partial charge in [-0.15, -0.1) is 0 Å². The zero-order chi connectivity index (χ0) is 20.6. The fraction of sp³-hybridized carbons (Fsp3) is 0.680. The highest BCUT2D eigenvalue weighted by Crippen LogP contribution is 2.28. The number of likely N-dealkylation sites (N-methyl/N-ethyl adjacent to an activating group) is 1. The van der Waals surface area contributed by atoms with Crippen LogP contribution in [-0.2, 0) is 9.59 Å². The van der Waals surface area contributed by atoms with Crippen LogP contribution in [0.4, 0.5) is 0 Å². The van der Waals surface area contributed by atoms with E-state index in [2.05, 4.69) is 36.1 Å². The molecule has 0 unspecified atom stereocenters. The van der Waals surface area contributed by atoms with Crippen LogP contribution in [0.5, 0.6) is 0 Å². The van der Waals surface area contributed by atoms with E-state index in [1.54, 1.807) is 0 Å². The maximum Gasteiger partial charge on any atom is 0.222 e. The number of likely N-dealkylation sites (tertiary alicyclic amines) is 1. The quantitative estimate of drug-likeness (QED) is 0.659. The van der Waals surface area contributed by atoms with Gasteiger partial charge in [-0.05, 0) is 49.0 Å². The lowest BCUT2D eigenvalue weighted by molar-refractivity contribution is -0.134. The minimum atomic E-state index is 0.236. The Labute approximate surface area is 176 Å². The van der Waals surface area contributed by atoms with Crippen LogP contribution < -0.4 is 0 Å². The molecule has 29 heavy (non-hydrogen) atoms. The molecule has 160 valence electrons. The van der Waals surface area contributed by atoms with E-state index in [0.29, 0.717) is 30.1 Å². The van der Waals surface area contributed by atoms with Gasteiger partial charge in [0.25, 0.3) is 0 Å². The molecule has 1 saturated heterocycles. The van der Waals surface area contributed by atoms with E-state index in [1.807, 2.05) is 18.0 Å². The van der Waals surface area contributed by atoms with Crippen molar-refractivity contribution in [2.24, 2.45) is 11.8 Å². The third kappa shape index (κ3) is 6.58. The maximum absolute atomic E-state index is 12.7. The van der Waals surface area contributed by atoms with Gasteiger partial charge in [0.2, 0.25) is 11.8 Å². The molecule has 2 fully saturated rings. The molecule has 2 amide bonds. The molecule has 0 N–H and O–H groups in total. The molecule has 1 aliphatic carbocycles. The number of hydrogen-bond donors (Lipinski definition) is 0. The molecule has 4 heteroatoms. The van der Waals surface area contributed by atoms with Gasteiger partial charge in [0.1, 0.15) is 0 Å². The average Bonchev–Trinajstić information content (AvgIpc) is 2.75. The molecule has 1 aromatic rings. The summed E-state index contributed by atoms with van der Waals surface area (Å²) in [5.74, 6) is 1.94. The van der Waals surface area contributed by atoms with Crippen molar-refractivity contribution in [2.45, 2.75) is 70.6 Å². The van der Waals surface area contributed by atoms with E-state index in [9.17, 15) is 9.59 Å². The number of piperidine rings is 1. The lowest BCUT2D eigenvalue weighted by Crippen LogP contribution is -2.40. The minimum absolute atomic E-state index is 0.236. The van der Waals surface area contributed by atoms with E-state index in [1.165, 1.54) is 37.7 Å². The molecule has 0 radical (unpaired) electrons. The van der Waals surface area contributed by atoms with E-state index >= 15 is 0 Å². The van der Waals surface area contributed by atoms with Crippen molar-refractivity contribution >= 4 is 11.8 Å². The number of benzene rings is 1. The first-order valence-electron chi connectivity index (χ1n) is 11.6. The Morgan fingerprint density at radius 1 is 0.966 bits per heavy atom. The highest BCUT2D eigenvalue weighted by atomic mass is 16.2. The Kier molecular flexibility index (Phi) is 8.14. The molecule has 1 saturated carbocycles. The van der Waals surface area contributed by atoms with E-state index in [-0.39, 0.29) is 5.91 Å². The van der Waals surface area contributed by atoms with Crippen molar-refractivity contribution in [1.29, 1.82) is 0 Å². The zero-order valence-corrected chi connectivity index (χ0v) is 18.3. The van der Waals surface area contributed by atoms with Gasteiger partial charge in [-0.3, -0.25) is 9.59 Å². The number of hydrogen-bond acceptors (Lipinski definition) is 2. The molecular weight excluding hydrogens is 360 g/mol. The summed E-state index contributed by atoms with van der Waals surface area (Å²) in [7, 11) is 1.92. The van der Waals surface area contributed by atoms with E-state index in [4.69, 9.17) is 0 Å². The van der Waals surface area contributed by atoms with Crippen molar-refractivity contribution in [3.63, 3.8) is 0 Å². The topological polar surface area (TPSA) is 40.6 Å². The summed E-state index contributed by atoms with van der Waals surface area (Å²) < 4.78 is 0. The molecule has 1 aromatic carbocycles. The summed E-state index contributed by atoms with van der Waals surface area (Å²) in [5, 5.41) is 0. The molecule has 0 aromatic heterocycles. The monoisotopic (exact) mass is 398 g/mol. The average molecular weight is 399 g/mol. The summed E-state index contributed by atoms with van der Waals surface area (Å²) in [6.07, 6.45) is 9.65. The summed E-state index contributed by atoms with van der Waals surface area (Å²) in [5.41, 5.74) is 1.27. The number of carbonyl (C=O) groups is 2. The molecule has 2 aliphatic rings. The van der Waals surface area contributed by atoms with Gasteiger partial charge in [0, 0.05) is 39.5 Å². The second-order valence-corrected chi connectivity index (χ2v) is 9.32. The summed E-state index contributed by atoms with van der Waals surface area (Å²) in [6, 6.07) is 10.4. The van der Waals surface area contributed by atoms with Crippen LogP contribution in [-0.4, -0.2) is 48.3 Å². The van der Waals surface area contributed by atoms with Gasteiger partial charge < -0.3 is 9.80 Å². The van der Waals surface area contributed by atoms with Crippen LogP contribution in [0.1, 0.15) is 76.2 Å². The lowest BCUT2D eigenvalue weighted by atomic mass is 9.86. The van der Waals surface area contributed by atoms with Gasteiger partial charge in [0.15, 0.2) is 0 Å². The summed E-state index contributed by atoms with van der Waals surface area (Å²) >= 11 is 0. The number of amides is 2. The van der Waals surface area contributed by atoms with Crippen molar-refractivity contribution in [3.05, 3.63) is 35.9 Å².